The Bertz CT molecular complexity index is 670. The molecule has 2 amide bonds. The number of fused-ring (bicyclic) bond motifs is 1. The van der Waals surface area contributed by atoms with Crippen molar-refractivity contribution in [2.24, 2.45) is 0 Å². The van der Waals surface area contributed by atoms with E-state index in [0.29, 0.717) is 18.8 Å². The van der Waals surface area contributed by atoms with Gasteiger partial charge < -0.3 is 10.2 Å². The number of carbonyl (C=O) groups excluding carboxylic acids is 1. The lowest BCUT2D eigenvalue weighted by molar-refractivity contribution is -0.146. The highest BCUT2D eigenvalue weighted by molar-refractivity contribution is 5.90. The van der Waals surface area contributed by atoms with Crippen molar-refractivity contribution in [2.75, 3.05) is 25.0 Å². The Hall–Kier alpha value is -2.02. The minimum absolute atomic E-state index is 0.199. The van der Waals surface area contributed by atoms with E-state index >= 15 is 0 Å². The number of halogens is 3. The van der Waals surface area contributed by atoms with E-state index in [9.17, 15) is 18.0 Å². The Morgan fingerprint density at radius 3 is 2.75 bits per heavy atom. The largest absolute Gasteiger partial charge is 0.401 e. The molecule has 0 saturated heterocycles. The lowest BCUT2D eigenvalue weighted by Gasteiger charge is -2.26. The van der Waals surface area contributed by atoms with Crippen molar-refractivity contribution in [3.8, 4) is 0 Å². The van der Waals surface area contributed by atoms with Crippen LogP contribution >= 0.6 is 0 Å². The zero-order valence-corrected chi connectivity index (χ0v) is 13.5. The normalized spacial score (nSPS) is 18.3. The number of carbonyl (C=O) groups is 1. The SMILES string of the molecule is CC1=CCN(C(=O)Nc2cccc3c2CN(CC(F)(F)F)C3)CC1. The summed E-state index contributed by atoms with van der Waals surface area (Å²) in [6, 6.07) is 5.13. The third-order valence-electron chi connectivity index (χ3n) is 4.42. The molecule has 2 aliphatic heterocycles. The van der Waals surface area contributed by atoms with Crippen LogP contribution in [0, 0.1) is 0 Å². The van der Waals surface area contributed by atoms with Crippen LogP contribution in [-0.4, -0.2) is 41.6 Å². The van der Waals surface area contributed by atoms with Gasteiger partial charge in [-0.25, -0.2) is 4.79 Å². The Morgan fingerprint density at radius 1 is 1.29 bits per heavy atom. The van der Waals surface area contributed by atoms with E-state index in [0.717, 1.165) is 17.5 Å². The summed E-state index contributed by atoms with van der Waals surface area (Å²) < 4.78 is 37.8. The molecule has 0 unspecified atom stereocenters. The molecule has 2 aliphatic rings. The van der Waals surface area contributed by atoms with Gasteiger partial charge in [0, 0.05) is 31.9 Å². The van der Waals surface area contributed by atoms with Gasteiger partial charge in [0.1, 0.15) is 0 Å². The van der Waals surface area contributed by atoms with Crippen molar-refractivity contribution >= 4 is 11.7 Å². The Morgan fingerprint density at radius 2 is 2.08 bits per heavy atom. The van der Waals surface area contributed by atoms with E-state index in [2.05, 4.69) is 5.32 Å². The lowest BCUT2D eigenvalue weighted by Crippen LogP contribution is -2.38. The van der Waals surface area contributed by atoms with E-state index in [1.165, 1.54) is 10.5 Å². The summed E-state index contributed by atoms with van der Waals surface area (Å²) in [5.41, 5.74) is 3.49. The summed E-state index contributed by atoms with van der Waals surface area (Å²) >= 11 is 0. The number of benzene rings is 1. The summed E-state index contributed by atoms with van der Waals surface area (Å²) in [5.74, 6) is 0. The van der Waals surface area contributed by atoms with E-state index in [4.69, 9.17) is 0 Å². The number of nitrogens with one attached hydrogen (secondary N) is 1. The third-order valence-corrected chi connectivity index (χ3v) is 4.42. The van der Waals surface area contributed by atoms with Crippen LogP contribution in [0.25, 0.3) is 0 Å². The standard InChI is InChI=1S/C17H20F3N3O/c1-12-5-7-23(8-6-12)16(24)21-15-4-2-3-13-9-22(10-14(13)15)11-17(18,19)20/h2-5H,6-11H2,1H3,(H,21,24). The molecule has 0 fully saturated rings. The molecule has 0 aliphatic carbocycles. The molecule has 0 aromatic heterocycles. The van der Waals surface area contributed by atoms with Gasteiger partial charge in [-0.1, -0.05) is 23.8 Å². The topological polar surface area (TPSA) is 35.6 Å². The van der Waals surface area contributed by atoms with Crippen LogP contribution < -0.4 is 5.32 Å². The van der Waals surface area contributed by atoms with Crippen LogP contribution in [0.4, 0.5) is 23.7 Å². The van der Waals surface area contributed by atoms with E-state index in [1.807, 2.05) is 19.1 Å². The molecule has 7 heteroatoms. The van der Waals surface area contributed by atoms with Crippen LogP contribution in [-0.2, 0) is 13.1 Å². The molecule has 0 spiro atoms. The summed E-state index contributed by atoms with van der Waals surface area (Å²) in [6.45, 7) is 2.77. The van der Waals surface area contributed by atoms with E-state index in [-0.39, 0.29) is 19.1 Å². The molecule has 0 bridgehead atoms. The number of nitrogens with zero attached hydrogens (tertiary/aromatic N) is 2. The highest BCUT2D eigenvalue weighted by Gasteiger charge is 2.34. The van der Waals surface area contributed by atoms with Crippen LogP contribution in [0.2, 0.25) is 0 Å². The van der Waals surface area contributed by atoms with Crippen molar-refractivity contribution in [3.05, 3.63) is 41.0 Å². The number of urea groups is 1. The molecule has 4 nitrogen and oxygen atoms in total. The lowest BCUT2D eigenvalue weighted by atomic mass is 10.1. The van der Waals surface area contributed by atoms with Crippen molar-refractivity contribution < 1.29 is 18.0 Å². The number of rotatable bonds is 2. The maximum Gasteiger partial charge on any atom is 0.401 e. The van der Waals surface area contributed by atoms with Gasteiger partial charge in [-0.05, 0) is 30.5 Å². The van der Waals surface area contributed by atoms with Crippen molar-refractivity contribution in [1.29, 1.82) is 0 Å². The van der Waals surface area contributed by atoms with Crippen LogP contribution in [0.3, 0.4) is 0 Å². The molecule has 0 radical (unpaired) electrons. The second-order valence-corrected chi connectivity index (χ2v) is 6.38. The first kappa shape index (κ1) is 16.8. The number of hydrogen-bond donors (Lipinski definition) is 1. The number of alkyl halides is 3. The summed E-state index contributed by atoms with van der Waals surface area (Å²) in [4.78, 5) is 15.4. The van der Waals surface area contributed by atoms with Gasteiger partial charge in [-0.3, -0.25) is 4.90 Å². The minimum atomic E-state index is -4.22. The van der Waals surface area contributed by atoms with Crippen LogP contribution in [0.5, 0.6) is 0 Å². The molecule has 1 aromatic rings. The first-order valence-electron chi connectivity index (χ1n) is 7.93. The highest BCUT2D eigenvalue weighted by atomic mass is 19.4. The van der Waals surface area contributed by atoms with Gasteiger partial charge in [0.15, 0.2) is 0 Å². The minimum Gasteiger partial charge on any atom is -0.320 e. The summed E-state index contributed by atoms with van der Waals surface area (Å²) in [7, 11) is 0. The van der Waals surface area contributed by atoms with Gasteiger partial charge in [0.25, 0.3) is 0 Å². The molecule has 2 heterocycles. The molecular weight excluding hydrogens is 319 g/mol. The second-order valence-electron chi connectivity index (χ2n) is 6.38. The molecular formula is C17H20F3N3O. The Labute approximate surface area is 138 Å². The monoisotopic (exact) mass is 339 g/mol. The molecule has 1 aromatic carbocycles. The van der Waals surface area contributed by atoms with Crippen molar-refractivity contribution in [2.45, 2.75) is 32.6 Å². The maximum atomic E-state index is 12.6. The quantitative estimate of drug-likeness (QED) is 0.833. The number of amides is 2. The maximum absolute atomic E-state index is 12.6. The summed E-state index contributed by atoms with van der Waals surface area (Å²) in [5, 5.41) is 2.86. The first-order valence-corrected chi connectivity index (χ1v) is 7.93. The van der Waals surface area contributed by atoms with E-state index < -0.39 is 12.7 Å². The number of anilines is 1. The smallest absolute Gasteiger partial charge is 0.320 e. The third kappa shape index (κ3) is 3.90. The molecule has 130 valence electrons. The first-order chi connectivity index (χ1) is 11.3. The molecule has 24 heavy (non-hydrogen) atoms. The molecule has 0 saturated carbocycles. The number of hydrogen-bond acceptors (Lipinski definition) is 2. The Kier molecular flexibility index (Phi) is 4.54. The molecule has 3 rings (SSSR count). The van der Waals surface area contributed by atoms with Gasteiger partial charge >= 0.3 is 12.2 Å². The average Bonchev–Trinajstić information content (AvgIpc) is 2.89. The zero-order chi connectivity index (χ0) is 17.3. The van der Waals surface area contributed by atoms with Gasteiger partial charge in [0.2, 0.25) is 0 Å². The fourth-order valence-corrected chi connectivity index (χ4v) is 3.12. The van der Waals surface area contributed by atoms with Crippen molar-refractivity contribution in [1.82, 2.24) is 9.80 Å². The predicted octanol–water partition coefficient (Wildman–Crippen LogP) is 3.75. The highest BCUT2D eigenvalue weighted by Crippen LogP contribution is 2.31. The predicted molar refractivity (Wildman–Crippen MR) is 85.6 cm³/mol. The van der Waals surface area contributed by atoms with Crippen LogP contribution in [0.15, 0.2) is 29.8 Å². The Balaban J connectivity index is 1.69. The second kappa shape index (κ2) is 6.47. The van der Waals surface area contributed by atoms with Gasteiger partial charge in [0.05, 0.1) is 6.54 Å². The average molecular weight is 339 g/mol. The van der Waals surface area contributed by atoms with E-state index in [1.54, 1.807) is 17.0 Å². The van der Waals surface area contributed by atoms with Gasteiger partial charge in [-0.15, -0.1) is 0 Å². The fraction of sp³-hybridized carbons (Fsp3) is 0.471. The summed E-state index contributed by atoms with van der Waals surface area (Å²) in [6.07, 6.45) is -1.35. The fourth-order valence-electron chi connectivity index (χ4n) is 3.12. The molecule has 0 atom stereocenters. The zero-order valence-electron chi connectivity index (χ0n) is 13.5. The molecule has 1 N–H and O–H groups in total. The van der Waals surface area contributed by atoms with Crippen LogP contribution in [0.1, 0.15) is 24.5 Å². The van der Waals surface area contributed by atoms with Crippen molar-refractivity contribution in [3.63, 3.8) is 0 Å². The van der Waals surface area contributed by atoms with Gasteiger partial charge in [-0.2, -0.15) is 13.2 Å².